The van der Waals surface area contributed by atoms with Gasteiger partial charge in [0.05, 0.1) is 12.5 Å². The summed E-state index contributed by atoms with van der Waals surface area (Å²) in [6.07, 6.45) is 8.02. The molecule has 0 saturated carbocycles. The third-order valence-electron chi connectivity index (χ3n) is 7.22. The number of hydrogen-bond acceptors (Lipinski definition) is 6. The molecular formula is C25H37NO6. The summed E-state index contributed by atoms with van der Waals surface area (Å²) in [6, 6.07) is 0. The number of aliphatic hydroxyl groups is 1. The highest BCUT2D eigenvalue weighted by molar-refractivity contribution is 6.01. The van der Waals surface area contributed by atoms with Crippen molar-refractivity contribution < 1.29 is 29.0 Å². The summed E-state index contributed by atoms with van der Waals surface area (Å²) < 4.78 is 11.5. The van der Waals surface area contributed by atoms with Crippen molar-refractivity contribution in [3.8, 4) is 0 Å². The first-order chi connectivity index (χ1) is 15.0. The van der Waals surface area contributed by atoms with E-state index in [0.717, 1.165) is 6.42 Å². The Hall–Kier alpha value is -2.15. The monoisotopic (exact) mass is 447 g/mol. The molecule has 0 unspecified atom stereocenters. The Labute approximate surface area is 190 Å². The lowest BCUT2D eigenvalue weighted by molar-refractivity contribution is -0.168. The largest absolute Gasteiger partial charge is 0.462 e. The standard InChI is InChI=1S/C25H37NO6/c1-14-10-16-7-6-15(2)19(9-8-18-12-17(27)13-21(28)31-18)22(16)20(11-14)32-24(30)25(3,4)23(29)26-5/h6-7,10,14-15,17-20,22,27H,8-9,11-13H2,1-5H3,(H,26,29)/t14-,15-,17+,18+,19-,20-,22-/m0/s1. The van der Waals surface area contributed by atoms with Gasteiger partial charge in [-0.2, -0.15) is 0 Å². The summed E-state index contributed by atoms with van der Waals surface area (Å²) in [6.45, 7) is 7.43. The number of esters is 2. The second-order valence-corrected chi connectivity index (χ2v) is 10.2. The van der Waals surface area contributed by atoms with Crippen LogP contribution in [0.3, 0.4) is 0 Å². The Morgan fingerprint density at radius 1 is 1.25 bits per heavy atom. The number of ether oxygens (including phenoxy) is 2. The summed E-state index contributed by atoms with van der Waals surface area (Å²) in [5.74, 6) is -0.468. The summed E-state index contributed by atoms with van der Waals surface area (Å²) >= 11 is 0. The van der Waals surface area contributed by atoms with E-state index in [9.17, 15) is 19.5 Å². The Kier molecular flexibility index (Phi) is 7.48. The fourth-order valence-electron chi connectivity index (χ4n) is 5.33. The third-order valence-corrected chi connectivity index (χ3v) is 7.22. The van der Waals surface area contributed by atoms with Crippen LogP contribution in [0.2, 0.25) is 0 Å². The van der Waals surface area contributed by atoms with Crippen molar-refractivity contribution in [2.45, 2.75) is 78.1 Å². The lowest BCUT2D eigenvalue weighted by Gasteiger charge is -2.44. The van der Waals surface area contributed by atoms with Crippen LogP contribution in [0, 0.1) is 29.1 Å². The van der Waals surface area contributed by atoms with E-state index in [0.29, 0.717) is 19.3 Å². The van der Waals surface area contributed by atoms with Crippen molar-refractivity contribution in [3.63, 3.8) is 0 Å². The number of aliphatic hydroxyl groups excluding tert-OH is 1. The zero-order valence-electron chi connectivity index (χ0n) is 19.8. The molecule has 2 aliphatic carbocycles. The first kappa shape index (κ1) is 24.5. The van der Waals surface area contributed by atoms with Gasteiger partial charge in [-0.05, 0) is 56.4 Å². The van der Waals surface area contributed by atoms with E-state index in [1.165, 1.54) is 12.6 Å². The maximum absolute atomic E-state index is 13.0. The van der Waals surface area contributed by atoms with Crippen LogP contribution in [0.15, 0.2) is 23.8 Å². The van der Waals surface area contributed by atoms with Crippen LogP contribution in [0.25, 0.3) is 0 Å². The van der Waals surface area contributed by atoms with E-state index in [2.05, 4.69) is 37.4 Å². The first-order valence-electron chi connectivity index (χ1n) is 11.7. The molecule has 1 saturated heterocycles. The van der Waals surface area contributed by atoms with Crippen LogP contribution < -0.4 is 5.32 Å². The molecule has 7 heteroatoms. The Balaban J connectivity index is 1.78. The number of amides is 1. The van der Waals surface area contributed by atoms with Gasteiger partial charge in [0.25, 0.3) is 0 Å². The van der Waals surface area contributed by atoms with E-state index in [1.807, 2.05) is 0 Å². The van der Waals surface area contributed by atoms with Gasteiger partial charge < -0.3 is 19.9 Å². The maximum atomic E-state index is 13.0. The van der Waals surface area contributed by atoms with Gasteiger partial charge in [0.15, 0.2) is 0 Å². The highest BCUT2D eigenvalue weighted by Crippen LogP contribution is 2.45. The zero-order chi connectivity index (χ0) is 23.6. The Bertz CT molecular complexity index is 800. The number of cyclic esters (lactones) is 1. The fourth-order valence-corrected chi connectivity index (χ4v) is 5.33. The van der Waals surface area contributed by atoms with Crippen LogP contribution in [0.4, 0.5) is 0 Å². The van der Waals surface area contributed by atoms with Gasteiger partial charge in [-0.15, -0.1) is 0 Å². The zero-order valence-corrected chi connectivity index (χ0v) is 19.8. The van der Waals surface area contributed by atoms with Crippen molar-refractivity contribution in [1.82, 2.24) is 5.32 Å². The van der Waals surface area contributed by atoms with Gasteiger partial charge in [-0.1, -0.05) is 32.1 Å². The van der Waals surface area contributed by atoms with Gasteiger partial charge in [0, 0.05) is 19.4 Å². The van der Waals surface area contributed by atoms with Gasteiger partial charge in [-0.3, -0.25) is 14.4 Å². The minimum atomic E-state index is -1.27. The molecule has 3 rings (SSSR count). The molecule has 0 aromatic carbocycles. The topological polar surface area (TPSA) is 102 Å². The second-order valence-electron chi connectivity index (χ2n) is 10.2. The molecule has 7 nitrogen and oxygen atoms in total. The third kappa shape index (κ3) is 5.25. The van der Waals surface area contributed by atoms with Crippen molar-refractivity contribution in [2.75, 3.05) is 7.05 Å². The van der Waals surface area contributed by atoms with Gasteiger partial charge in [0.1, 0.15) is 17.6 Å². The molecule has 1 heterocycles. The maximum Gasteiger partial charge on any atom is 0.321 e. The van der Waals surface area contributed by atoms with E-state index in [1.54, 1.807) is 13.8 Å². The average molecular weight is 448 g/mol. The van der Waals surface area contributed by atoms with Crippen molar-refractivity contribution >= 4 is 17.8 Å². The van der Waals surface area contributed by atoms with Crippen molar-refractivity contribution in [2.24, 2.45) is 29.1 Å². The van der Waals surface area contributed by atoms with Crippen LogP contribution >= 0.6 is 0 Å². The summed E-state index contributed by atoms with van der Waals surface area (Å²) in [7, 11) is 1.51. The number of carbonyl (C=O) groups excluding carboxylic acids is 3. The predicted molar refractivity (Wildman–Crippen MR) is 119 cm³/mol. The number of allylic oxidation sites excluding steroid dienone is 3. The molecular weight excluding hydrogens is 410 g/mol. The van der Waals surface area contributed by atoms with Crippen LogP contribution in [-0.4, -0.2) is 48.3 Å². The lowest BCUT2D eigenvalue weighted by Crippen LogP contribution is -2.47. The molecule has 1 fully saturated rings. The normalized spacial score (nSPS) is 34.8. The van der Waals surface area contributed by atoms with Crippen LogP contribution in [0.1, 0.15) is 59.8 Å². The first-order valence-corrected chi connectivity index (χ1v) is 11.7. The SMILES string of the molecule is CNC(=O)C(C)(C)C(=O)O[C@H]1C[C@@H](C)C=C2C=C[C@H](C)[C@H](CC[C@@H]3C[C@@H](O)CC(=O)O3)[C@H]21. The molecule has 178 valence electrons. The molecule has 3 aliphatic rings. The van der Waals surface area contributed by atoms with Gasteiger partial charge >= 0.3 is 11.9 Å². The van der Waals surface area contributed by atoms with E-state index in [4.69, 9.17) is 9.47 Å². The number of nitrogens with one attached hydrogen (secondary N) is 1. The number of hydrogen-bond donors (Lipinski definition) is 2. The quantitative estimate of drug-likeness (QED) is 0.480. The Morgan fingerprint density at radius 3 is 2.62 bits per heavy atom. The van der Waals surface area contributed by atoms with E-state index >= 15 is 0 Å². The van der Waals surface area contributed by atoms with Crippen molar-refractivity contribution in [1.29, 1.82) is 0 Å². The molecule has 1 amide bonds. The molecule has 1 aliphatic heterocycles. The minimum Gasteiger partial charge on any atom is -0.462 e. The highest BCUT2D eigenvalue weighted by atomic mass is 16.6. The molecule has 0 aromatic heterocycles. The lowest BCUT2D eigenvalue weighted by atomic mass is 9.65. The smallest absolute Gasteiger partial charge is 0.321 e. The van der Waals surface area contributed by atoms with E-state index < -0.39 is 17.5 Å². The fraction of sp³-hybridized carbons (Fsp3) is 0.720. The summed E-state index contributed by atoms with van der Waals surface area (Å²) in [5, 5.41) is 12.5. The van der Waals surface area contributed by atoms with Crippen LogP contribution in [-0.2, 0) is 23.9 Å². The number of rotatable bonds is 6. The molecule has 0 spiro atoms. The second kappa shape index (κ2) is 9.77. The summed E-state index contributed by atoms with van der Waals surface area (Å²) in [4.78, 5) is 36.9. The Morgan fingerprint density at radius 2 is 1.97 bits per heavy atom. The number of carbonyl (C=O) groups is 3. The van der Waals surface area contributed by atoms with Crippen molar-refractivity contribution in [3.05, 3.63) is 23.8 Å². The average Bonchev–Trinajstić information content (AvgIpc) is 2.71. The molecule has 7 atom stereocenters. The number of fused-ring (bicyclic) bond motifs is 1. The minimum absolute atomic E-state index is 0.0276. The van der Waals surface area contributed by atoms with Crippen LogP contribution in [0.5, 0.6) is 0 Å². The highest BCUT2D eigenvalue weighted by Gasteiger charge is 2.45. The predicted octanol–water partition coefficient (Wildman–Crippen LogP) is 2.92. The molecule has 2 N–H and O–H groups in total. The molecule has 0 aromatic rings. The summed E-state index contributed by atoms with van der Waals surface area (Å²) in [5.41, 5.74) is -0.0970. The van der Waals surface area contributed by atoms with Gasteiger partial charge in [0.2, 0.25) is 5.91 Å². The molecule has 32 heavy (non-hydrogen) atoms. The van der Waals surface area contributed by atoms with Gasteiger partial charge in [-0.25, -0.2) is 0 Å². The molecule has 0 bridgehead atoms. The molecule has 0 radical (unpaired) electrons. The van der Waals surface area contributed by atoms with E-state index in [-0.39, 0.29) is 54.2 Å².